The van der Waals surface area contributed by atoms with Crippen molar-refractivity contribution in [1.82, 2.24) is 20.4 Å². The molecule has 2 heterocycles. The van der Waals surface area contributed by atoms with Crippen molar-refractivity contribution in [2.24, 2.45) is 12.8 Å². The molecule has 0 bridgehead atoms. The second-order valence-corrected chi connectivity index (χ2v) is 3.85. The molecule has 1 fully saturated rings. The topological polar surface area (TPSA) is 102 Å². The van der Waals surface area contributed by atoms with E-state index in [4.69, 9.17) is 5.73 Å². The monoisotopic (exact) mass is 259 g/mol. The summed E-state index contributed by atoms with van der Waals surface area (Å²) in [5, 5.41) is 8.89. The molecule has 1 aliphatic rings. The van der Waals surface area contributed by atoms with Crippen LogP contribution in [0.5, 0.6) is 0 Å². The molecule has 0 radical (unpaired) electrons. The molecule has 0 aromatic carbocycles. The van der Waals surface area contributed by atoms with Crippen LogP contribution in [0.1, 0.15) is 11.3 Å². The van der Waals surface area contributed by atoms with Gasteiger partial charge in [-0.1, -0.05) is 0 Å². The first-order chi connectivity index (χ1) is 7.49. The van der Waals surface area contributed by atoms with Crippen LogP contribution in [0, 0.1) is 6.92 Å². The molecule has 0 aliphatic carbocycles. The highest BCUT2D eigenvalue weighted by Crippen LogP contribution is 2.24. The smallest absolute Gasteiger partial charge is 0.322 e. The highest BCUT2D eigenvalue weighted by Gasteiger charge is 2.49. The van der Waals surface area contributed by atoms with Crippen LogP contribution >= 0.6 is 12.4 Å². The molecular weight excluding hydrogens is 246 g/mol. The predicted molar refractivity (Wildman–Crippen MR) is 62.6 cm³/mol. The second-order valence-electron chi connectivity index (χ2n) is 3.85. The van der Waals surface area contributed by atoms with E-state index in [2.05, 4.69) is 15.7 Å². The molecule has 3 amide bonds. The fraction of sp³-hybridized carbons (Fsp3) is 0.444. The quantitative estimate of drug-likeness (QED) is 0.602. The summed E-state index contributed by atoms with van der Waals surface area (Å²) in [6.07, 6.45) is 1.77. The van der Waals surface area contributed by atoms with Gasteiger partial charge in [0.25, 0.3) is 5.91 Å². The Labute approximate surface area is 104 Å². The van der Waals surface area contributed by atoms with E-state index in [1.165, 1.54) is 0 Å². The minimum atomic E-state index is -1.23. The Morgan fingerprint density at radius 3 is 2.53 bits per heavy atom. The summed E-state index contributed by atoms with van der Waals surface area (Å²) in [7, 11) is 1.75. The third kappa shape index (κ3) is 1.87. The van der Waals surface area contributed by atoms with Gasteiger partial charge in [0.2, 0.25) is 0 Å². The number of carbonyl (C=O) groups excluding carboxylic acids is 2. The van der Waals surface area contributed by atoms with E-state index in [1.54, 1.807) is 17.9 Å². The van der Waals surface area contributed by atoms with E-state index in [9.17, 15) is 9.59 Å². The summed E-state index contributed by atoms with van der Waals surface area (Å²) in [5.74, 6) is -0.457. The Morgan fingerprint density at radius 1 is 1.53 bits per heavy atom. The summed E-state index contributed by atoms with van der Waals surface area (Å²) in [4.78, 5) is 23.0. The number of aromatic nitrogens is 2. The lowest BCUT2D eigenvalue weighted by atomic mass is 9.93. The number of hydrogen-bond donors (Lipinski definition) is 3. The lowest BCUT2D eigenvalue weighted by Gasteiger charge is -2.22. The number of urea groups is 1. The third-order valence-corrected chi connectivity index (χ3v) is 2.66. The van der Waals surface area contributed by atoms with E-state index >= 15 is 0 Å². The number of nitrogens with zero attached hydrogens (tertiary/aromatic N) is 2. The zero-order chi connectivity index (χ0) is 11.9. The number of carbonyl (C=O) groups is 2. The molecule has 1 aromatic rings. The molecule has 1 aromatic heterocycles. The van der Waals surface area contributed by atoms with Crippen LogP contribution in [0.4, 0.5) is 4.79 Å². The van der Waals surface area contributed by atoms with Crippen molar-refractivity contribution >= 4 is 24.3 Å². The number of halogens is 1. The zero-order valence-electron chi connectivity index (χ0n) is 9.48. The molecule has 0 saturated carbocycles. The normalized spacial score (nSPS) is 23.0. The van der Waals surface area contributed by atoms with Crippen molar-refractivity contribution in [3.63, 3.8) is 0 Å². The molecular formula is C9H14ClN5O2. The van der Waals surface area contributed by atoms with E-state index in [1.807, 2.05) is 6.92 Å². The highest BCUT2D eigenvalue weighted by molar-refractivity contribution is 6.07. The summed E-state index contributed by atoms with van der Waals surface area (Å²) in [6.45, 7) is 1.79. The van der Waals surface area contributed by atoms with Gasteiger partial charge in [0.15, 0.2) is 5.54 Å². The molecule has 8 heteroatoms. The van der Waals surface area contributed by atoms with Gasteiger partial charge in [0.1, 0.15) is 5.69 Å². The Hall–Kier alpha value is -1.60. The number of amides is 3. The van der Waals surface area contributed by atoms with Crippen LogP contribution in [0.25, 0.3) is 0 Å². The Morgan fingerprint density at radius 2 is 2.18 bits per heavy atom. The van der Waals surface area contributed by atoms with Crippen LogP contribution in [0.15, 0.2) is 6.20 Å². The molecule has 7 nitrogen and oxygen atoms in total. The lowest BCUT2D eigenvalue weighted by Crippen LogP contribution is -2.50. The molecule has 94 valence electrons. The number of imide groups is 1. The van der Waals surface area contributed by atoms with E-state index in [-0.39, 0.29) is 19.0 Å². The highest BCUT2D eigenvalue weighted by atomic mass is 35.5. The van der Waals surface area contributed by atoms with Crippen molar-refractivity contribution < 1.29 is 9.59 Å². The summed E-state index contributed by atoms with van der Waals surface area (Å²) in [6, 6.07) is -0.541. The average Bonchev–Trinajstić information content (AvgIpc) is 2.67. The van der Waals surface area contributed by atoms with Crippen LogP contribution < -0.4 is 16.4 Å². The molecule has 4 N–H and O–H groups in total. The molecule has 2 rings (SSSR count). The van der Waals surface area contributed by atoms with Crippen LogP contribution in [-0.2, 0) is 17.4 Å². The first-order valence-corrected chi connectivity index (χ1v) is 4.84. The molecule has 0 spiro atoms. The maximum Gasteiger partial charge on any atom is 0.322 e. The number of nitrogens with two attached hydrogens (primary N) is 1. The zero-order valence-corrected chi connectivity index (χ0v) is 10.3. The van der Waals surface area contributed by atoms with Crippen molar-refractivity contribution in [1.29, 1.82) is 0 Å². The van der Waals surface area contributed by atoms with Crippen LogP contribution in [0.2, 0.25) is 0 Å². The Balaban J connectivity index is 0.00000144. The van der Waals surface area contributed by atoms with E-state index in [0.717, 1.165) is 5.56 Å². The summed E-state index contributed by atoms with van der Waals surface area (Å²) < 4.78 is 1.58. The van der Waals surface area contributed by atoms with Crippen LogP contribution in [-0.4, -0.2) is 28.3 Å². The number of hydrogen-bond acceptors (Lipinski definition) is 4. The largest absolute Gasteiger partial charge is 0.327 e. The maximum absolute atomic E-state index is 11.8. The van der Waals surface area contributed by atoms with E-state index in [0.29, 0.717) is 5.69 Å². The standard InChI is InChI=1S/C9H13N5O2.ClH/c1-5-3-14(2)13-6(5)9(4-10)7(15)11-8(16)12-9;/h3H,4,10H2,1-2H3,(H2,11,12,15,16);1H/t9-;/m1./s1. The van der Waals surface area contributed by atoms with Gasteiger partial charge in [-0.15, -0.1) is 12.4 Å². The summed E-state index contributed by atoms with van der Waals surface area (Å²) in [5.41, 5.74) is 5.67. The SMILES string of the molecule is Cc1cn(C)nc1[C@@]1(CN)NC(=O)NC1=O.Cl. The predicted octanol–water partition coefficient (Wildman–Crippen LogP) is -0.856. The lowest BCUT2D eigenvalue weighted by molar-refractivity contribution is -0.124. The Bertz CT molecular complexity index is 472. The molecule has 1 aliphatic heterocycles. The van der Waals surface area contributed by atoms with Crippen molar-refractivity contribution in [2.75, 3.05) is 6.54 Å². The van der Waals surface area contributed by atoms with Crippen LogP contribution in [0.3, 0.4) is 0 Å². The number of nitrogens with one attached hydrogen (secondary N) is 2. The number of aryl methyl sites for hydroxylation is 2. The van der Waals surface area contributed by atoms with Crippen molar-refractivity contribution in [3.8, 4) is 0 Å². The van der Waals surface area contributed by atoms with Gasteiger partial charge < -0.3 is 11.1 Å². The maximum atomic E-state index is 11.8. The van der Waals surface area contributed by atoms with E-state index < -0.39 is 17.5 Å². The minimum absolute atomic E-state index is 0. The fourth-order valence-corrected chi connectivity index (χ4v) is 1.93. The second kappa shape index (κ2) is 4.34. The van der Waals surface area contributed by atoms with Gasteiger partial charge in [0.05, 0.1) is 0 Å². The number of rotatable bonds is 2. The van der Waals surface area contributed by atoms with Gasteiger partial charge in [-0.3, -0.25) is 14.8 Å². The van der Waals surface area contributed by atoms with Gasteiger partial charge in [-0.05, 0) is 12.5 Å². The first kappa shape index (κ1) is 13.5. The van der Waals surface area contributed by atoms with Crippen molar-refractivity contribution in [2.45, 2.75) is 12.5 Å². The molecule has 17 heavy (non-hydrogen) atoms. The third-order valence-electron chi connectivity index (χ3n) is 2.66. The van der Waals surface area contributed by atoms with Gasteiger partial charge in [-0.25, -0.2) is 4.79 Å². The minimum Gasteiger partial charge on any atom is -0.327 e. The fourth-order valence-electron chi connectivity index (χ4n) is 1.93. The molecule has 0 unspecified atom stereocenters. The Kier molecular flexibility index (Phi) is 3.44. The van der Waals surface area contributed by atoms with Crippen molar-refractivity contribution in [3.05, 3.63) is 17.5 Å². The van der Waals surface area contributed by atoms with Gasteiger partial charge in [0, 0.05) is 19.8 Å². The first-order valence-electron chi connectivity index (χ1n) is 4.84. The molecule has 1 atom stereocenters. The average molecular weight is 260 g/mol. The van der Waals surface area contributed by atoms with Gasteiger partial charge in [-0.2, -0.15) is 5.10 Å². The molecule has 1 saturated heterocycles. The van der Waals surface area contributed by atoms with Gasteiger partial charge >= 0.3 is 6.03 Å². The summed E-state index contributed by atoms with van der Waals surface area (Å²) >= 11 is 0.